The van der Waals surface area contributed by atoms with Gasteiger partial charge in [0.05, 0.1) is 0 Å². The Morgan fingerprint density at radius 3 is 1.78 bits per heavy atom. The Balaban J connectivity index is 4.28. The van der Waals surface area contributed by atoms with Crippen LogP contribution in [0.15, 0.2) is 23.3 Å². The number of hydrogen-bond donors (Lipinski definition) is 0. The van der Waals surface area contributed by atoms with Gasteiger partial charge in [0.15, 0.2) is 0 Å². The van der Waals surface area contributed by atoms with Gasteiger partial charge in [0.25, 0.3) is 0 Å². The smallest absolute Gasteiger partial charge is 0.0346 e. The maximum absolute atomic E-state index is 3.87. The van der Waals surface area contributed by atoms with E-state index >= 15 is 0 Å². The quantitative estimate of drug-likeness (QED) is 0.495. The van der Waals surface area contributed by atoms with Crippen LogP contribution in [-0.2, 0) is 0 Å². The van der Waals surface area contributed by atoms with Crippen molar-refractivity contribution in [3.63, 3.8) is 0 Å². The van der Waals surface area contributed by atoms with E-state index in [1.165, 1.54) is 16.7 Å². The van der Waals surface area contributed by atoms with Gasteiger partial charge in [0, 0.05) is 0 Å². The third-order valence-electron chi connectivity index (χ3n) is 1.81. The van der Waals surface area contributed by atoms with Crippen molar-refractivity contribution < 1.29 is 0 Å². The van der Waals surface area contributed by atoms with Crippen LogP contribution in [-0.4, -0.2) is 0 Å². The highest BCUT2D eigenvalue weighted by atomic mass is 14.0. The number of hydrogen-bond acceptors (Lipinski definition) is 0. The van der Waals surface area contributed by atoms with Crippen molar-refractivity contribution in [2.45, 2.75) is 34.1 Å². The van der Waals surface area contributed by atoms with Crippen LogP contribution in [0, 0.1) is 0 Å². The van der Waals surface area contributed by atoms with Crippen molar-refractivity contribution >= 4 is 0 Å². The van der Waals surface area contributed by atoms with Gasteiger partial charge in [-0.15, -0.1) is 0 Å². The average molecular weight is 124 g/mol. The minimum atomic E-state index is 1.14. The first-order chi connectivity index (χ1) is 4.09. The second-order valence-corrected chi connectivity index (χ2v) is 2.54. The van der Waals surface area contributed by atoms with E-state index in [1.54, 1.807) is 0 Å². The van der Waals surface area contributed by atoms with E-state index in [-0.39, 0.29) is 0 Å². The molecular formula is C9H16. The molecule has 0 aliphatic carbocycles. The lowest BCUT2D eigenvalue weighted by molar-refractivity contribution is 1.06. The predicted molar refractivity (Wildman–Crippen MR) is 43.5 cm³/mol. The largest absolute Gasteiger partial charge is 0.0959 e. The Hall–Kier alpha value is -0.520. The normalized spacial score (nSPS) is 12.9. The van der Waals surface area contributed by atoms with Gasteiger partial charge in [-0.1, -0.05) is 24.6 Å². The third kappa shape index (κ3) is 2.50. The van der Waals surface area contributed by atoms with Gasteiger partial charge in [0.2, 0.25) is 0 Å². The zero-order valence-corrected chi connectivity index (χ0v) is 6.91. The van der Waals surface area contributed by atoms with Crippen LogP contribution < -0.4 is 0 Å². The fourth-order valence-corrected chi connectivity index (χ4v) is 0.629. The Morgan fingerprint density at radius 1 is 1.22 bits per heavy atom. The van der Waals surface area contributed by atoms with E-state index < -0.39 is 0 Å². The van der Waals surface area contributed by atoms with Crippen LogP contribution >= 0.6 is 0 Å². The summed E-state index contributed by atoms with van der Waals surface area (Å²) in [7, 11) is 0. The molecule has 0 nitrogen and oxygen atoms in total. The van der Waals surface area contributed by atoms with E-state index in [0.717, 1.165) is 6.42 Å². The molecule has 0 spiro atoms. The minimum absolute atomic E-state index is 1.14. The van der Waals surface area contributed by atoms with Gasteiger partial charge in [-0.3, -0.25) is 0 Å². The van der Waals surface area contributed by atoms with E-state index in [4.69, 9.17) is 0 Å². The van der Waals surface area contributed by atoms with Crippen molar-refractivity contribution in [3.05, 3.63) is 23.3 Å². The summed E-state index contributed by atoms with van der Waals surface area (Å²) in [4.78, 5) is 0. The highest BCUT2D eigenvalue weighted by molar-refractivity contribution is 5.28. The molecule has 0 unspecified atom stereocenters. The van der Waals surface area contributed by atoms with Gasteiger partial charge in [-0.2, -0.15) is 0 Å². The van der Waals surface area contributed by atoms with Crippen molar-refractivity contribution in [1.82, 2.24) is 0 Å². The third-order valence-corrected chi connectivity index (χ3v) is 1.81. The van der Waals surface area contributed by atoms with Gasteiger partial charge in [-0.05, 0) is 32.8 Å². The lowest BCUT2D eigenvalue weighted by Crippen LogP contribution is -1.82. The van der Waals surface area contributed by atoms with Crippen LogP contribution in [0.4, 0.5) is 0 Å². The summed E-state index contributed by atoms with van der Waals surface area (Å²) in [5.74, 6) is 0. The van der Waals surface area contributed by atoms with Crippen molar-refractivity contribution in [3.8, 4) is 0 Å². The molecule has 0 heteroatoms. The molecule has 0 amide bonds. The lowest BCUT2D eigenvalue weighted by atomic mass is 10.0. The second-order valence-electron chi connectivity index (χ2n) is 2.54. The number of rotatable bonds is 2. The molecule has 0 N–H and O–H groups in total. The molecule has 0 saturated heterocycles. The molecule has 0 heterocycles. The predicted octanol–water partition coefficient (Wildman–Crippen LogP) is 3.31. The summed E-state index contributed by atoms with van der Waals surface area (Å²) in [6, 6.07) is 0. The molecule has 0 aliphatic rings. The van der Waals surface area contributed by atoms with E-state index in [2.05, 4.69) is 34.3 Å². The summed E-state index contributed by atoms with van der Waals surface area (Å²) < 4.78 is 0. The summed E-state index contributed by atoms with van der Waals surface area (Å²) in [5, 5.41) is 0. The molecule has 52 valence electrons. The fraction of sp³-hybridized carbons (Fsp3) is 0.556. The first kappa shape index (κ1) is 8.48. The highest BCUT2D eigenvalue weighted by Crippen LogP contribution is 2.13. The zero-order chi connectivity index (χ0) is 7.44. The molecule has 0 bridgehead atoms. The summed E-state index contributed by atoms with van der Waals surface area (Å²) in [6.07, 6.45) is 1.14. The van der Waals surface area contributed by atoms with E-state index in [9.17, 15) is 0 Å². The van der Waals surface area contributed by atoms with Crippen LogP contribution in [0.5, 0.6) is 0 Å². The highest BCUT2D eigenvalue weighted by Gasteiger charge is 1.92. The monoisotopic (exact) mass is 124 g/mol. The number of allylic oxidation sites excluding steroid dienone is 3. The lowest BCUT2D eigenvalue weighted by Gasteiger charge is -2.02. The summed E-state index contributed by atoms with van der Waals surface area (Å²) in [6.45, 7) is 12.4. The Kier molecular flexibility index (Phi) is 3.29. The van der Waals surface area contributed by atoms with Crippen molar-refractivity contribution in [2.75, 3.05) is 0 Å². The molecular weight excluding hydrogens is 108 g/mol. The van der Waals surface area contributed by atoms with Gasteiger partial charge >= 0.3 is 0 Å². The van der Waals surface area contributed by atoms with Crippen LogP contribution in [0.1, 0.15) is 34.1 Å². The first-order valence-electron chi connectivity index (χ1n) is 3.41. The molecule has 0 aliphatic heterocycles. The topological polar surface area (TPSA) is 0 Å². The van der Waals surface area contributed by atoms with Crippen LogP contribution in [0.25, 0.3) is 0 Å². The van der Waals surface area contributed by atoms with Crippen LogP contribution in [0.3, 0.4) is 0 Å². The second kappa shape index (κ2) is 3.49. The Labute approximate surface area is 58.3 Å². The SMILES string of the molecule is C=C(C)/C(C)=C(/C)CC. The zero-order valence-electron chi connectivity index (χ0n) is 6.91. The molecule has 0 aromatic carbocycles. The molecule has 0 radical (unpaired) electrons. The van der Waals surface area contributed by atoms with Gasteiger partial charge in [0.1, 0.15) is 0 Å². The van der Waals surface area contributed by atoms with Gasteiger partial charge < -0.3 is 0 Å². The maximum atomic E-state index is 3.87. The average Bonchev–Trinajstić information content (AvgIpc) is 1.84. The van der Waals surface area contributed by atoms with E-state index in [1.807, 2.05) is 0 Å². The van der Waals surface area contributed by atoms with E-state index in [0.29, 0.717) is 0 Å². The molecule has 0 saturated carbocycles. The molecule has 0 aromatic rings. The minimum Gasteiger partial charge on any atom is -0.0959 e. The maximum Gasteiger partial charge on any atom is -0.0346 e. The molecule has 0 atom stereocenters. The Bertz CT molecular complexity index is 138. The summed E-state index contributed by atoms with van der Waals surface area (Å²) in [5.41, 5.74) is 3.99. The first-order valence-corrected chi connectivity index (χ1v) is 3.41. The Morgan fingerprint density at radius 2 is 1.67 bits per heavy atom. The molecule has 0 fully saturated rings. The van der Waals surface area contributed by atoms with Crippen LogP contribution in [0.2, 0.25) is 0 Å². The molecule has 9 heavy (non-hydrogen) atoms. The van der Waals surface area contributed by atoms with Gasteiger partial charge in [-0.25, -0.2) is 0 Å². The van der Waals surface area contributed by atoms with Crippen molar-refractivity contribution in [1.29, 1.82) is 0 Å². The summed E-state index contributed by atoms with van der Waals surface area (Å²) >= 11 is 0. The fourth-order valence-electron chi connectivity index (χ4n) is 0.629. The molecule has 0 aromatic heterocycles. The standard InChI is InChI=1S/C9H16/c1-6-8(4)9(5)7(2)3/h2,6H2,1,3-5H3/b9-8-. The van der Waals surface area contributed by atoms with Crippen molar-refractivity contribution in [2.24, 2.45) is 0 Å². The molecule has 0 rings (SSSR count).